The van der Waals surface area contributed by atoms with Crippen molar-refractivity contribution in [1.82, 2.24) is 14.9 Å². The van der Waals surface area contributed by atoms with Crippen molar-refractivity contribution in [2.45, 2.75) is 44.7 Å². The number of rotatable bonds is 4. The third kappa shape index (κ3) is 3.97. The molecule has 0 spiro atoms. The van der Waals surface area contributed by atoms with E-state index in [-0.39, 0.29) is 24.3 Å². The van der Waals surface area contributed by atoms with E-state index in [9.17, 15) is 4.79 Å². The lowest BCUT2D eigenvalue weighted by molar-refractivity contribution is -0.132. The number of benzene rings is 1. The molecule has 0 bridgehead atoms. The molecule has 3 N–H and O–H groups in total. The third-order valence-corrected chi connectivity index (χ3v) is 5.96. The lowest BCUT2D eigenvalue weighted by Gasteiger charge is -2.40. The van der Waals surface area contributed by atoms with Crippen LogP contribution in [0.2, 0.25) is 5.02 Å². The number of nitrogens with zero attached hydrogens (tertiary/aromatic N) is 4. The number of hydrogen-bond donors (Lipinski definition) is 2. The maximum absolute atomic E-state index is 13.1. The number of aryl methyl sites for hydroxylation is 1. The molecule has 1 fully saturated rings. The van der Waals surface area contributed by atoms with E-state index in [1.807, 2.05) is 32.0 Å². The van der Waals surface area contributed by atoms with Gasteiger partial charge >= 0.3 is 0 Å². The second-order valence-corrected chi connectivity index (χ2v) is 8.24. The first-order chi connectivity index (χ1) is 14.4. The summed E-state index contributed by atoms with van der Waals surface area (Å²) in [5.41, 5.74) is 7.65. The van der Waals surface area contributed by atoms with E-state index in [2.05, 4.69) is 15.3 Å². The Hall–Kier alpha value is -2.71. The normalized spacial score (nSPS) is 22.7. The van der Waals surface area contributed by atoms with Gasteiger partial charge in [-0.3, -0.25) is 14.7 Å². The molecule has 0 aliphatic carbocycles. The maximum Gasteiger partial charge on any atom is 0.232 e. The molecule has 3 heterocycles. The van der Waals surface area contributed by atoms with Crippen LogP contribution in [0, 0.1) is 6.92 Å². The number of carbonyl (C=O) groups excluding carboxylic acids is 1. The van der Waals surface area contributed by atoms with Crippen molar-refractivity contribution in [3.63, 3.8) is 0 Å². The van der Waals surface area contributed by atoms with Crippen LogP contribution in [0.1, 0.15) is 37.4 Å². The van der Waals surface area contributed by atoms with Gasteiger partial charge in [0.2, 0.25) is 5.91 Å². The highest BCUT2D eigenvalue weighted by Gasteiger charge is 2.41. The highest BCUT2D eigenvalue weighted by atomic mass is 35.5. The smallest absolute Gasteiger partial charge is 0.232 e. The quantitative estimate of drug-likeness (QED) is 0.774. The fourth-order valence-corrected chi connectivity index (χ4v) is 4.36. The number of halogens is 1. The van der Waals surface area contributed by atoms with E-state index in [1.54, 1.807) is 17.3 Å². The standard InChI is InChI=1S/C21H25ClN6O2/c1-13-11-25-17(12-24-13)26-16-5-3-4-15(19(16)22)21(2)10-18(29)28(20(23)27-21)14-6-8-30-9-7-14/h3-5,11-12,14H,6-10H2,1-2H3,(H2,23,27)(H,25,26)/t21-/m0/s1. The molecule has 30 heavy (non-hydrogen) atoms. The predicted molar refractivity (Wildman–Crippen MR) is 116 cm³/mol. The van der Waals surface area contributed by atoms with Crippen LogP contribution in [0.25, 0.3) is 0 Å². The summed E-state index contributed by atoms with van der Waals surface area (Å²) in [6.07, 6.45) is 5.04. The number of nitrogens with one attached hydrogen (secondary N) is 1. The average molecular weight is 429 g/mol. The molecule has 4 rings (SSSR count). The van der Waals surface area contributed by atoms with Gasteiger partial charge in [0, 0.05) is 24.8 Å². The summed E-state index contributed by atoms with van der Waals surface area (Å²) in [5.74, 6) is 0.772. The van der Waals surface area contributed by atoms with Crippen LogP contribution in [-0.2, 0) is 15.1 Å². The van der Waals surface area contributed by atoms with Gasteiger partial charge in [0.25, 0.3) is 0 Å². The summed E-state index contributed by atoms with van der Waals surface area (Å²) in [4.78, 5) is 28.0. The first-order valence-electron chi connectivity index (χ1n) is 9.97. The van der Waals surface area contributed by atoms with Crippen molar-refractivity contribution in [3.05, 3.63) is 46.9 Å². The Bertz CT molecular complexity index is 974. The van der Waals surface area contributed by atoms with E-state index < -0.39 is 5.54 Å². The number of anilines is 2. The van der Waals surface area contributed by atoms with Crippen molar-refractivity contribution < 1.29 is 9.53 Å². The highest BCUT2D eigenvalue weighted by Crippen LogP contribution is 2.41. The summed E-state index contributed by atoms with van der Waals surface area (Å²) in [5, 5.41) is 3.66. The van der Waals surface area contributed by atoms with Crippen molar-refractivity contribution in [2.24, 2.45) is 10.7 Å². The van der Waals surface area contributed by atoms with Gasteiger partial charge in [-0.25, -0.2) is 9.98 Å². The lowest BCUT2D eigenvalue weighted by Crippen LogP contribution is -2.55. The Morgan fingerprint density at radius 3 is 2.70 bits per heavy atom. The van der Waals surface area contributed by atoms with Crippen LogP contribution in [0.3, 0.4) is 0 Å². The zero-order valence-electron chi connectivity index (χ0n) is 17.1. The fourth-order valence-electron chi connectivity index (χ4n) is 3.98. The summed E-state index contributed by atoms with van der Waals surface area (Å²) < 4.78 is 5.40. The van der Waals surface area contributed by atoms with Crippen LogP contribution >= 0.6 is 11.6 Å². The Morgan fingerprint density at radius 2 is 2.03 bits per heavy atom. The van der Waals surface area contributed by atoms with Gasteiger partial charge < -0.3 is 15.8 Å². The molecule has 0 unspecified atom stereocenters. The number of carbonyl (C=O) groups is 1. The fraction of sp³-hybridized carbons (Fsp3) is 0.429. The molecule has 1 atom stereocenters. The molecule has 158 valence electrons. The zero-order chi connectivity index (χ0) is 21.3. The maximum atomic E-state index is 13.1. The molecular formula is C21H25ClN6O2. The Kier molecular flexibility index (Phi) is 5.62. The average Bonchev–Trinajstić information content (AvgIpc) is 2.71. The van der Waals surface area contributed by atoms with Crippen LogP contribution in [0.15, 0.2) is 35.6 Å². The molecule has 2 aliphatic rings. The van der Waals surface area contributed by atoms with Gasteiger partial charge in [0.05, 0.1) is 40.8 Å². The number of ether oxygens (including phenoxy) is 1. The van der Waals surface area contributed by atoms with Gasteiger partial charge in [-0.05, 0) is 32.8 Å². The van der Waals surface area contributed by atoms with Crippen molar-refractivity contribution >= 4 is 35.0 Å². The van der Waals surface area contributed by atoms with Gasteiger partial charge in [-0.1, -0.05) is 23.7 Å². The monoisotopic (exact) mass is 428 g/mol. The Balaban J connectivity index is 1.63. The third-order valence-electron chi connectivity index (χ3n) is 5.55. The highest BCUT2D eigenvalue weighted by molar-refractivity contribution is 6.34. The molecule has 1 saturated heterocycles. The molecule has 1 aromatic heterocycles. The minimum Gasteiger partial charge on any atom is -0.381 e. The number of amides is 1. The molecule has 1 amide bonds. The molecule has 2 aliphatic heterocycles. The largest absolute Gasteiger partial charge is 0.381 e. The number of aromatic nitrogens is 2. The van der Waals surface area contributed by atoms with E-state index in [1.165, 1.54) is 0 Å². The number of nitrogens with two attached hydrogens (primary N) is 1. The van der Waals surface area contributed by atoms with Crippen LogP contribution in [-0.4, -0.2) is 46.0 Å². The van der Waals surface area contributed by atoms with Crippen molar-refractivity contribution in [3.8, 4) is 0 Å². The Labute approximate surface area is 180 Å². The number of hydrogen-bond acceptors (Lipinski definition) is 7. The topological polar surface area (TPSA) is 106 Å². The van der Waals surface area contributed by atoms with E-state index in [4.69, 9.17) is 27.1 Å². The molecule has 9 heteroatoms. The van der Waals surface area contributed by atoms with Crippen LogP contribution < -0.4 is 11.1 Å². The first kappa shape index (κ1) is 20.6. The van der Waals surface area contributed by atoms with Crippen molar-refractivity contribution in [1.29, 1.82) is 0 Å². The molecule has 1 aromatic carbocycles. The van der Waals surface area contributed by atoms with Gasteiger partial charge in [-0.2, -0.15) is 0 Å². The zero-order valence-corrected chi connectivity index (χ0v) is 17.8. The van der Waals surface area contributed by atoms with Gasteiger partial charge in [0.15, 0.2) is 5.96 Å². The minimum absolute atomic E-state index is 0.0307. The Morgan fingerprint density at radius 1 is 1.27 bits per heavy atom. The molecular weight excluding hydrogens is 404 g/mol. The first-order valence-corrected chi connectivity index (χ1v) is 10.3. The van der Waals surface area contributed by atoms with E-state index >= 15 is 0 Å². The SMILES string of the molecule is Cc1cnc(Nc2cccc([C@]3(C)CC(=O)N(C4CCOCC4)C(N)=N3)c2Cl)cn1. The van der Waals surface area contributed by atoms with Crippen LogP contribution in [0.4, 0.5) is 11.5 Å². The number of aliphatic imine (C=N–C) groups is 1. The molecule has 8 nitrogen and oxygen atoms in total. The summed E-state index contributed by atoms with van der Waals surface area (Å²) >= 11 is 6.73. The number of guanidine groups is 1. The van der Waals surface area contributed by atoms with Gasteiger partial charge in [0.1, 0.15) is 5.82 Å². The minimum atomic E-state index is -0.851. The van der Waals surface area contributed by atoms with E-state index in [0.717, 1.165) is 24.1 Å². The van der Waals surface area contributed by atoms with Gasteiger partial charge in [-0.15, -0.1) is 0 Å². The summed E-state index contributed by atoms with van der Waals surface area (Å²) in [7, 11) is 0. The second kappa shape index (κ2) is 8.20. The molecule has 0 radical (unpaired) electrons. The second-order valence-electron chi connectivity index (χ2n) is 7.86. The van der Waals surface area contributed by atoms with Crippen molar-refractivity contribution in [2.75, 3.05) is 18.5 Å². The summed E-state index contributed by atoms with van der Waals surface area (Å²) in [6.45, 7) is 5.01. The molecule has 2 aromatic rings. The predicted octanol–water partition coefficient (Wildman–Crippen LogP) is 3.12. The van der Waals surface area contributed by atoms with Crippen LogP contribution in [0.5, 0.6) is 0 Å². The molecule has 0 saturated carbocycles. The summed E-state index contributed by atoms with van der Waals surface area (Å²) in [6, 6.07) is 5.63. The van der Waals surface area contributed by atoms with E-state index in [0.29, 0.717) is 29.7 Å². The lowest BCUT2D eigenvalue weighted by atomic mass is 9.86.